The van der Waals surface area contributed by atoms with Gasteiger partial charge in [0.1, 0.15) is 5.69 Å². The van der Waals surface area contributed by atoms with Gasteiger partial charge in [0.15, 0.2) is 0 Å². The van der Waals surface area contributed by atoms with E-state index in [-0.39, 0.29) is 28.9 Å². The molecule has 28 heavy (non-hydrogen) atoms. The maximum Gasteiger partial charge on any atom is 0.270 e. The Morgan fingerprint density at radius 3 is 2.68 bits per heavy atom. The molecule has 1 saturated heterocycles. The number of aromatic nitrogens is 2. The zero-order valence-electron chi connectivity index (χ0n) is 15.7. The van der Waals surface area contributed by atoms with Crippen LogP contribution in [0.25, 0.3) is 10.8 Å². The molecule has 2 atom stereocenters. The van der Waals surface area contributed by atoms with E-state index in [9.17, 15) is 14.4 Å². The number of hydrogen-bond acceptors (Lipinski definition) is 3. The quantitative estimate of drug-likeness (QED) is 0.653. The number of piperidine rings is 1. The van der Waals surface area contributed by atoms with Gasteiger partial charge in [0.25, 0.3) is 17.0 Å². The first-order valence-corrected chi connectivity index (χ1v) is 9.60. The Hall–Kier alpha value is -3.15. The number of carbonyl (C=O) groups excluding carboxylic acids is 1. The van der Waals surface area contributed by atoms with Crippen LogP contribution in [0.15, 0.2) is 58.1 Å². The maximum absolute atomic E-state index is 13.3. The van der Waals surface area contributed by atoms with Crippen molar-refractivity contribution in [2.75, 3.05) is 13.1 Å². The minimum atomic E-state index is -0.157. The molecule has 4 heterocycles. The highest BCUT2D eigenvalue weighted by Gasteiger charge is 2.37. The Kier molecular flexibility index (Phi) is 3.75. The maximum atomic E-state index is 13.3. The van der Waals surface area contributed by atoms with Crippen LogP contribution in [0.2, 0.25) is 0 Å². The van der Waals surface area contributed by atoms with Gasteiger partial charge >= 0.3 is 0 Å². The van der Waals surface area contributed by atoms with Crippen molar-refractivity contribution < 1.29 is 4.79 Å². The Morgan fingerprint density at radius 2 is 1.82 bits per heavy atom. The lowest BCUT2D eigenvalue weighted by molar-refractivity contribution is 0.0584. The van der Waals surface area contributed by atoms with E-state index in [1.54, 1.807) is 25.2 Å². The predicted octanol–water partition coefficient (Wildman–Crippen LogP) is 1.96. The molecule has 2 aromatic heterocycles. The van der Waals surface area contributed by atoms with Crippen LogP contribution in [0.4, 0.5) is 0 Å². The molecule has 2 aliphatic rings. The first-order valence-electron chi connectivity index (χ1n) is 9.60. The normalized spacial score (nSPS) is 20.8. The number of likely N-dealkylation sites (tertiary alicyclic amines) is 1. The molecule has 142 valence electrons. The number of pyridine rings is 2. The van der Waals surface area contributed by atoms with Crippen molar-refractivity contribution in [2.45, 2.75) is 18.9 Å². The Balaban J connectivity index is 1.53. The fourth-order valence-electron chi connectivity index (χ4n) is 4.78. The van der Waals surface area contributed by atoms with Crippen molar-refractivity contribution in [1.82, 2.24) is 14.0 Å². The third-order valence-corrected chi connectivity index (χ3v) is 6.14. The van der Waals surface area contributed by atoms with Crippen LogP contribution in [-0.4, -0.2) is 33.0 Å². The van der Waals surface area contributed by atoms with Crippen LogP contribution >= 0.6 is 0 Å². The van der Waals surface area contributed by atoms with Crippen molar-refractivity contribution in [2.24, 2.45) is 13.0 Å². The van der Waals surface area contributed by atoms with Crippen LogP contribution in [0.1, 0.15) is 28.5 Å². The number of nitrogens with zero attached hydrogens (tertiary/aromatic N) is 3. The van der Waals surface area contributed by atoms with E-state index in [1.807, 2.05) is 39.8 Å². The summed E-state index contributed by atoms with van der Waals surface area (Å²) in [6.07, 6.45) is 0.990. The number of hydrogen-bond donors (Lipinski definition) is 0. The highest BCUT2D eigenvalue weighted by molar-refractivity contribution is 5.96. The summed E-state index contributed by atoms with van der Waals surface area (Å²) in [5, 5.41) is 1.40. The monoisotopic (exact) mass is 375 g/mol. The average molecular weight is 375 g/mol. The van der Waals surface area contributed by atoms with E-state index in [4.69, 9.17) is 0 Å². The van der Waals surface area contributed by atoms with Crippen LogP contribution in [-0.2, 0) is 13.6 Å². The van der Waals surface area contributed by atoms with Gasteiger partial charge in [-0.15, -0.1) is 0 Å². The first kappa shape index (κ1) is 17.0. The zero-order valence-corrected chi connectivity index (χ0v) is 15.7. The molecule has 3 aromatic rings. The first-order chi connectivity index (χ1) is 13.5. The second kappa shape index (κ2) is 6.19. The van der Waals surface area contributed by atoms with Crippen LogP contribution in [0.5, 0.6) is 0 Å². The van der Waals surface area contributed by atoms with Gasteiger partial charge < -0.3 is 14.0 Å². The SMILES string of the molecule is Cn1c(C(=O)N2CC3CC(C2)c2cccc(=O)n2C3)cc2ccccc2c1=O. The van der Waals surface area contributed by atoms with Gasteiger partial charge in [-0.2, -0.15) is 0 Å². The van der Waals surface area contributed by atoms with Crippen molar-refractivity contribution >= 4 is 16.7 Å². The topological polar surface area (TPSA) is 64.3 Å². The third-order valence-electron chi connectivity index (χ3n) is 6.14. The van der Waals surface area contributed by atoms with E-state index in [2.05, 4.69) is 0 Å². The second-order valence-corrected chi connectivity index (χ2v) is 7.89. The molecule has 2 aliphatic heterocycles. The summed E-state index contributed by atoms with van der Waals surface area (Å²) in [5.74, 6) is 0.294. The Morgan fingerprint density at radius 1 is 1.00 bits per heavy atom. The standard InChI is InChI=1S/C22H21N3O3/c1-23-19(10-15-5-2-3-6-17(15)21(23)27)22(28)24-11-14-9-16(13-24)18-7-4-8-20(26)25(18)12-14/h2-8,10,14,16H,9,11-13H2,1H3. The summed E-state index contributed by atoms with van der Waals surface area (Å²) in [6.45, 7) is 1.82. The number of rotatable bonds is 1. The van der Waals surface area contributed by atoms with Gasteiger partial charge in [0.2, 0.25) is 0 Å². The van der Waals surface area contributed by atoms with Crippen LogP contribution < -0.4 is 11.1 Å². The summed E-state index contributed by atoms with van der Waals surface area (Å²) in [4.78, 5) is 40.0. The van der Waals surface area contributed by atoms with Gasteiger partial charge in [-0.3, -0.25) is 14.4 Å². The molecule has 0 saturated carbocycles. The molecule has 1 aromatic carbocycles. The van der Waals surface area contributed by atoms with Crippen LogP contribution in [0.3, 0.4) is 0 Å². The van der Waals surface area contributed by atoms with Crippen molar-refractivity contribution in [3.63, 3.8) is 0 Å². The Labute approximate surface area is 161 Å². The average Bonchev–Trinajstić information content (AvgIpc) is 2.71. The number of fused-ring (bicyclic) bond motifs is 5. The molecule has 1 amide bonds. The minimum Gasteiger partial charge on any atom is -0.336 e. The number of carbonyl (C=O) groups is 1. The summed E-state index contributed by atoms with van der Waals surface area (Å²) >= 11 is 0. The number of amides is 1. The molecular weight excluding hydrogens is 354 g/mol. The van der Waals surface area contributed by atoms with E-state index in [0.717, 1.165) is 17.5 Å². The van der Waals surface area contributed by atoms with E-state index >= 15 is 0 Å². The fourth-order valence-corrected chi connectivity index (χ4v) is 4.78. The lowest BCUT2D eigenvalue weighted by Crippen LogP contribution is -2.49. The molecule has 1 fully saturated rings. The molecule has 0 spiro atoms. The van der Waals surface area contributed by atoms with E-state index < -0.39 is 0 Å². The van der Waals surface area contributed by atoms with Crippen molar-refractivity contribution in [3.05, 3.63) is 80.6 Å². The van der Waals surface area contributed by atoms with Crippen molar-refractivity contribution in [1.29, 1.82) is 0 Å². The van der Waals surface area contributed by atoms with Gasteiger partial charge in [-0.1, -0.05) is 24.3 Å². The zero-order chi connectivity index (χ0) is 19.4. The number of benzene rings is 1. The summed E-state index contributed by atoms with van der Waals surface area (Å²) < 4.78 is 3.31. The molecule has 2 bridgehead atoms. The highest BCUT2D eigenvalue weighted by atomic mass is 16.2. The molecule has 0 N–H and O–H groups in total. The molecular formula is C22H21N3O3. The summed E-state index contributed by atoms with van der Waals surface area (Å²) in [6, 6.07) is 14.5. The molecule has 2 unspecified atom stereocenters. The second-order valence-electron chi connectivity index (χ2n) is 7.89. The molecule has 0 aliphatic carbocycles. The van der Waals surface area contributed by atoms with E-state index in [1.165, 1.54) is 4.57 Å². The molecule has 0 radical (unpaired) electrons. The van der Waals surface area contributed by atoms with E-state index in [0.29, 0.717) is 30.7 Å². The molecule has 6 heteroatoms. The third kappa shape index (κ3) is 2.52. The molecule has 5 rings (SSSR count). The predicted molar refractivity (Wildman–Crippen MR) is 107 cm³/mol. The van der Waals surface area contributed by atoms with Gasteiger partial charge in [0, 0.05) is 49.7 Å². The lowest BCUT2D eigenvalue weighted by atomic mass is 9.83. The summed E-state index contributed by atoms with van der Waals surface area (Å²) in [7, 11) is 1.65. The molecule has 6 nitrogen and oxygen atoms in total. The van der Waals surface area contributed by atoms with Gasteiger partial charge in [-0.25, -0.2) is 0 Å². The van der Waals surface area contributed by atoms with Gasteiger partial charge in [0.05, 0.1) is 0 Å². The Bertz CT molecular complexity index is 1220. The lowest BCUT2D eigenvalue weighted by Gasteiger charge is -2.42. The largest absolute Gasteiger partial charge is 0.336 e. The summed E-state index contributed by atoms with van der Waals surface area (Å²) in [5.41, 5.74) is 1.29. The smallest absolute Gasteiger partial charge is 0.270 e. The van der Waals surface area contributed by atoms with Crippen LogP contribution in [0, 0.1) is 5.92 Å². The highest BCUT2D eigenvalue weighted by Crippen LogP contribution is 2.35. The van der Waals surface area contributed by atoms with Gasteiger partial charge in [-0.05, 0) is 35.9 Å². The fraction of sp³-hybridized carbons (Fsp3) is 0.318. The van der Waals surface area contributed by atoms with Crippen molar-refractivity contribution in [3.8, 4) is 0 Å². The minimum absolute atomic E-state index is 0.0314.